The van der Waals surface area contributed by atoms with Gasteiger partial charge in [-0.2, -0.15) is 5.26 Å². The van der Waals surface area contributed by atoms with Gasteiger partial charge in [0, 0.05) is 35.1 Å². The summed E-state index contributed by atoms with van der Waals surface area (Å²) in [5, 5.41) is 13.8. The molecule has 192 valence electrons. The molecule has 1 saturated carbocycles. The summed E-state index contributed by atoms with van der Waals surface area (Å²) in [6.45, 7) is 1.90. The Bertz CT molecular complexity index is 1630. The molecular formula is C30H28FN5O2. The lowest BCUT2D eigenvalue weighted by Crippen LogP contribution is -2.33. The predicted molar refractivity (Wildman–Crippen MR) is 143 cm³/mol. The van der Waals surface area contributed by atoms with Crippen molar-refractivity contribution in [3.05, 3.63) is 81.9 Å². The van der Waals surface area contributed by atoms with Crippen LogP contribution in [0.25, 0.3) is 27.7 Å². The van der Waals surface area contributed by atoms with Gasteiger partial charge >= 0.3 is 0 Å². The molecule has 3 atom stereocenters. The molecule has 0 spiro atoms. The van der Waals surface area contributed by atoms with Crippen molar-refractivity contribution in [3.63, 3.8) is 0 Å². The summed E-state index contributed by atoms with van der Waals surface area (Å²) >= 11 is 0. The number of rotatable bonds is 4. The molecule has 7 nitrogen and oxygen atoms in total. The molecule has 8 heteroatoms. The third-order valence-corrected chi connectivity index (χ3v) is 7.92. The molecule has 3 heterocycles. The van der Waals surface area contributed by atoms with Crippen LogP contribution in [0.3, 0.4) is 0 Å². The number of nitrogens with zero attached hydrogens (tertiary/aromatic N) is 4. The van der Waals surface area contributed by atoms with Crippen LogP contribution in [0.5, 0.6) is 5.75 Å². The second kappa shape index (κ2) is 9.66. The van der Waals surface area contributed by atoms with E-state index in [1.807, 2.05) is 19.1 Å². The van der Waals surface area contributed by atoms with Gasteiger partial charge in [0.2, 0.25) is 0 Å². The zero-order chi connectivity index (χ0) is 26.4. The van der Waals surface area contributed by atoms with Gasteiger partial charge in [0.25, 0.3) is 5.56 Å². The zero-order valence-corrected chi connectivity index (χ0v) is 21.4. The summed E-state index contributed by atoms with van der Waals surface area (Å²) < 4.78 is 21.4. The lowest BCUT2D eigenvalue weighted by molar-refractivity contribution is 0.325. The van der Waals surface area contributed by atoms with Gasteiger partial charge in [0.1, 0.15) is 5.82 Å². The van der Waals surface area contributed by atoms with Gasteiger partial charge in [-0.3, -0.25) is 14.3 Å². The normalized spacial score (nSPS) is 20.7. The van der Waals surface area contributed by atoms with Crippen molar-refractivity contribution >= 4 is 10.9 Å². The van der Waals surface area contributed by atoms with Crippen molar-refractivity contribution in [3.8, 4) is 28.6 Å². The minimum atomic E-state index is -0.562. The number of fused-ring (bicyclic) bond motifs is 2. The second-order valence-electron chi connectivity index (χ2n) is 10.3. The Kier molecular flexibility index (Phi) is 6.16. The van der Waals surface area contributed by atoms with Gasteiger partial charge in [0.15, 0.2) is 11.6 Å². The van der Waals surface area contributed by atoms with Crippen LogP contribution in [0.2, 0.25) is 0 Å². The Hall–Kier alpha value is -4.09. The standard InChI is InChI=1S/C30H28FN5O2/c1-17-7-8-20(16-33-17)22-11-18(15-32)12-23-28(22)35-29(26-13-19-5-3-4-6-25(19)34-26)36(30(23)37)21-9-10-27(38-2)24(31)14-21/h7-12,14,16,19,25-26,34H,3-6,13H2,1-2H3. The van der Waals surface area contributed by atoms with E-state index in [2.05, 4.69) is 16.4 Å². The first-order chi connectivity index (χ1) is 18.5. The number of benzene rings is 2. The van der Waals surface area contributed by atoms with E-state index in [1.54, 1.807) is 24.4 Å². The molecule has 2 aromatic heterocycles. The number of methoxy groups -OCH3 is 1. The van der Waals surface area contributed by atoms with Crippen LogP contribution >= 0.6 is 0 Å². The first-order valence-corrected chi connectivity index (χ1v) is 13.0. The average Bonchev–Trinajstić information content (AvgIpc) is 3.37. The van der Waals surface area contributed by atoms with Crippen molar-refractivity contribution in [1.82, 2.24) is 19.9 Å². The van der Waals surface area contributed by atoms with Gasteiger partial charge in [-0.1, -0.05) is 18.9 Å². The Labute approximate surface area is 219 Å². The fourth-order valence-corrected chi connectivity index (χ4v) is 6.01. The predicted octanol–water partition coefficient (Wildman–Crippen LogP) is 5.37. The highest BCUT2D eigenvalue weighted by Crippen LogP contribution is 2.40. The van der Waals surface area contributed by atoms with Crippen molar-refractivity contribution in [2.45, 2.75) is 51.1 Å². The molecule has 6 rings (SSSR count). The maximum atomic E-state index is 14.8. The summed E-state index contributed by atoms with van der Waals surface area (Å²) in [6, 6.07) is 14.0. The number of halogens is 1. The summed E-state index contributed by atoms with van der Waals surface area (Å²) in [6.07, 6.45) is 7.23. The highest BCUT2D eigenvalue weighted by molar-refractivity contribution is 5.94. The molecule has 4 aromatic rings. The van der Waals surface area contributed by atoms with E-state index in [0.717, 1.165) is 30.5 Å². The molecule has 1 saturated heterocycles. The minimum absolute atomic E-state index is 0.100. The molecule has 2 aromatic carbocycles. The van der Waals surface area contributed by atoms with E-state index in [-0.39, 0.29) is 17.4 Å². The van der Waals surface area contributed by atoms with E-state index in [0.29, 0.717) is 45.5 Å². The Morgan fingerprint density at radius 2 is 2.00 bits per heavy atom. The van der Waals surface area contributed by atoms with Gasteiger partial charge in [0.05, 0.1) is 41.4 Å². The largest absolute Gasteiger partial charge is 0.494 e. The van der Waals surface area contributed by atoms with Crippen molar-refractivity contribution in [2.24, 2.45) is 5.92 Å². The van der Waals surface area contributed by atoms with Crippen molar-refractivity contribution < 1.29 is 9.13 Å². The Morgan fingerprint density at radius 3 is 2.71 bits per heavy atom. The van der Waals surface area contributed by atoms with E-state index >= 15 is 0 Å². The highest BCUT2D eigenvalue weighted by atomic mass is 19.1. The molecule has 38 heavy (non-hydrogen) atoms. The number of aryl methyl sites for hydroxylation is 1. The van der Waals surface area contributed by atoms with Crippen molar-refractivity contribution in [2.75, 3.05) is 7.11 Å². The highest BCUT2D eigenvalue weighted by Gasteiger charge is 2.38. The molecule has 3 unspecified atom stereocenters. The SMILES string of the molecule is COc1ccc(-n2c(C3CC4CCCCC4N3)nc3c(-c4ccc(C)nc4)cc(C#N)cc3c2=O)cc1F. The third-order valence-electron chi connectivity index (χ3n) is 7.92. The van der Waals surface area contributed by atoms with Gasteiger partial charge < -0.3 is 10.1 Å². The van der Waals surface area contributed by atoms with Gasteiger partial charge in [-0.25, -0.2) is 9.37 Å². The number of hydrogen-bond donors (Lipinski definition) is 1. The molecule has 0 amide bonds. The molecule has 1 N–H and O–H groups in total. The van der Waals surface area contributed by atoms with E-state index in [1.165, 1.54) is 36.7 Å². The van der Waals surface area contributed by atoms with Crippen LogP contribution in [-0.4, -0.2) is 27.7 Å². The molecule has 2 aliphatic rings. The summed E-state index contributed by atoms with van der Waals surface area (Å²) in [5.41, 5.74) is 3.20. The maximum Gasteiger partial charge on any atom is 0.266 e. The number of ether oxygens (including phenoxy) is 1. The molecule has 1 aliphatic heterocycles. The Balaban J connectivity index is 1.63. The van der Waals surface area contributed by atoms with E-state index < -0.39 is 5.82 Å². The minimum Gasteiger partial charge on any atom is -0.494 e. The molecule has 0 radical (unpaired) electrons. The number of nitriles is 1. The monoisotopic (exact) mass is 509 g/mol. The van der Waals surface area contributed by atoms with Crippen LogP contribution < -0.4 is 15.6 Å². The van der Waals surface area contributed by atoms with Gasteiger partial charge in [-0.15, -0.1) is 0 Å². The summed E-state index contributed by atoms with van der Waals surface area (Å²) in [4.78, 5) is 23.7. The third kappa shape index (κ3) is 4.13. The second-order valence-corrected chi connectivity index (χ2v) is 10.3. The first kappa shape index (κ1) is 24.3. The molecule has 1 aliphatic carbocycles. The fraction of sp³-hybridized carbons (Fsp3) is 0.333. The van der Waals surface area contributed by atoms with E-state index in [4.69, 9.17) is 9.72 Å². The number of pyridine rings is 1. The van der Waals surface area contributed by atoms with Crippen molar-refractivity contribution in [1.29, 1.82) is 5.26 Å². The van der Waals surface area contributed by atoms with Crippen LogP contribution in [-0.2, 0) is 0 Å². The molecular weight excluding hydrogens is 481 g/mol. The summed E-state index contributed by atoms with van der Waals surface area (Å²) in [5.74, 6) is 0.604. The quantitative estimate of drug-likeness (QED) is 0.398. The maximum absolute atomic E-state index is 14.8. The average molecular weight is 510 g/mol. The van der Waals surface area contributed by atoms with Crippen LogP contribution in [0.15, 0.2) is 53.5 Å². The number of hydrogen-bond acceptors (Lipinski definition) is 6. The Morgan fingerprint density at radius 1 is 1.16 bits per heavy atom. The van der Waals surface area contributed by atoms with Crippen LogP contribution in [0.4, 0.5) is 4.39 Å². The smallest absolute Gasteiger partial charge is 0.266 e. The molecule has 2 fully saturated rings. The van der Waals surface area contributed by atoms with Crippen LogP contribution in [0.1, 0.15) is 55.2 Å². The zero-order valence-electron chi connectivity index (χ0n) is 21.4. The first-order valence-electron chi connectivity index (χ1n) is 13.0. The summed E-state index contributed by atoms with van der Waals surface area (Å²) in [7, 11) is 1.41. The number of aromatic nitrogens is 3. The lowest BCUT2D eigenvalue weighted by atomic mass is 9.85. The fourth-order valence-electron chi connectivity index (χ4n) is 6.01. The topological polar surface area (TPSA) is 92.8 Å². The van der Waals surface area contributed by atoms with E-state index in [9.17, 15) is 14.4 Å². The van der Waals surface area contributed by atoms with Gasteiger partial charge in [-0.05, 0) is 62.4 Å². The molecule has 0 bridgehead atoms. The number of nitrogens with one attached hydrogen (secondary N) is 1. The lowest BCUT2D eigenvalue weighted by Gasteiger charge is -2.24. The van der Waals surface area contributed by atoms with Crippen LogP contribution in [0, 0.1) is 30.0 Å².